The zero-order chi connectivity index (χ0) is 21.5. The Hall–Kier alpha value is -1.22. The van der Waals surface area contributed by atoms with Gasteiger partial charge in [0.05, 0.1) is 6.10 Å². The minimum atomic E-state index is -0.698. The molecule has 0 fully saturated rings. The van der Waals surface area contributed by atoms with Gasteiger partial charge in [-0.3, -0.25) is 0 Å². The Kier molecular flexibility index (Phi) is 13.9. The molecule has 0 heterocycles. The molecule has 0 radical (unpaired) electrons. The number of aryl methyl sites for hydroxylation is 1. The molecule has 0 aliphatic rings. The minimum Gasteiger partial charge on any atom is -0.508 e. The minimum absolute atomic E-state index is 0.117. The smallest absolute Gasteiger partial charge is 0.122 e. The van der Waals surface area contributed by atoms with Crippen LogP contribution in [0.4, 0.5) is 0 Å². The molecule has 3 heteroatoms. The number of aliphatic hydroxyl groups is 1. The van der Waals surface area contributed by atoms with E-state index >= 15 is 0 Å². The third-order valence-electron chi connectivity index (χ3n) is 6.03. The third kappa shape index (κ3) is 9.89. The first-order valence-corrected chi connectivity index (χ1v) is 12.2. The van der Waals surface area contributed by atoms with Gasteiger partial charge in [0.2, 0.25) is 0 Å². The van der Waals surface area contributed by atoms with Crippen LogP contribution in [0.1, 0.15) is 133 Å². The fourth-order valence-corrected chi connectivity index (χ4v) is 4.25. The molecule has 0 saturated heterocycles. The van der Waals surface area contributed by atoms with Gasteiger partial charge in [-0.1, -0.05) is 104 Å². The first-order chi connectivity index (χ1) is 14.0. The van der Waals surface area contributed by atoms with E-state index < -0.39 is 6.10 Å². The molecule has 1 aromatic carbocycles. The van der Waals surface area contributed by atoms with E-state index in [2.05, 4.69) is 6.92 Å². The van der Waals surface area contributed by atoms with Crippen molar-refractivity contribution < 1.29 is 15.3 Å². The van der Waals surface area contributed by atoms with Crippen molar-refractivity contribution in [1.29, 1.82) is 0 Å². The van der Waals surface area contributed by atoms with Crippen LogP contribution in [0.5, 0.6) is 11.5 Å². The fraction of sp³-hybridized carbons (Fsp3) is 0.769. The molecule has 0 amide bonds. The highest BCUT2D eigenvalue weighted by atomic mass is 16.3. The summed E-state index contributed by atoms with van der Waals surface area (Å²) in [5.74, 6) is 0.343. The van der Waals surface area contributed by atoms with E-state index in [1.165, 1.54) is 70.6 Å². The Morgan fingerprint density at radius 1 is 0.724 bits per heavy atom. The normalized spacial score (nSPS) is 12.4. The van der Waals surface area contributed by atoms with Crippen molar-refractivity contribution >= 4 is 0 Å². The molecule has 0 aromatic heterocycles. The molecule has 168 valence electrons. The number of phenolic OH excluding ortho intramolecular Hbond substituents is 2. The van der Waals surface area contributed by atoms with E-state index in [1.807, 2.05) is 6.92 Å². The molecule has 3 N–H and O–H groups in total. The van der Waals surface area contributed by atoms with Crippen molar-refractivity contribution in [3.8, 4) is 11.5 Å². The van der Waals surface area contributed by atoms with Gasteiger partial charge in [0, 0.05) is 11.1 Å². The summed E-state index contributed by atoms with van der Waals surface area (Å²) in [6.45, 7) is 6.10. The van der Waals surface area contributed by atoms with Gasteiger partial charge >= 0.3 is 0 Å². The molecule has 0 saturated carbocycles. The molecule has 3 nitrogen and oxygen atoms in total. The maximum absolute atomic E-state index is 10.6. The van der Waals surface area contributed by atoms with Crippen molar-refractivity contribution in [1.82, 2.24) is 0 Å². The number of unbranched alkanes of at least 4 members (excludes halogenated alkanes) is 12. The van der Waals surface area contributed by atoms with Gasteiger partial charge in [0.15, 0.2) is 0 Å². The highest BCUT2D eigenvalue weighted by Crippen LogP contribution is 2.39. The van der Waals surface area contributed by atoms with E-state index in [4.69, 9.17) is 0 Å². The van der Waals surface area contributed by atoms with Crippen molar-refractivity contribution in [2.75, 3.05) is 0 Å². The summed E-state index contributed by atoms with van der Waals surface area (Å²) < 4.78 is 0. The van der Waals surface area contributed by atoms with Crippen molar-refractivity contribution in [3.63, 3.8) is 0 Å². The number of aliphatic hydroxyl groups excluding tert-OH is 1. The van der Waals surface area contributed by atoms with E-state index in [9.17, 15) is 15.3 Å². The summed E-state index contributed by atoms with van der Waals surface area (Å²) in [6.07, 6.45) is 18.4. The second-order valence-corrected chi connectivity index (χ2v) is 8.75. The van der Waals surface area contributed by atoms with Crippen LogP contribution in [-0.4, -0.2) is 15.3 Å². The molecule has 1 rings (SSSR count). The van der Waals surface area contributed by atoms with Crippen LogP contribution in [-0.2, 0) is 6.42 Å². The molecule has 0 bridgehead atoms. The van der Waals surface area contributed by atoms with Crippen molar-refractivity contribution in [2.24, 2.45) is 0 Å². The average molecular weight is 407 g/mol. The van der Waals surface area contributed by atoms with Gasteiger partial charge in [0.1, 0.15) is 11.5 Å². The van der Waals surface area contributed by atoms with Crippen molar-refractivity contribution in [2.45, 2.75) is 130 Å². The zero-order valence-corrected chi connectivity index (χ0v) is 19.3. The SMILES string of the molecule is CCCCCCCCCCCCCCCC(O)c1c(O)cc(C)c(O)c1CCC. The summed E-state index contributed by atoms with van der Waals surface area (Å²) in [4.78, 5) is 0. The van der Waals surface area contributed by atoms with Crippen LogP contribution in [0.25, 0.3) is 0 Å². The fourth-order valence-electron chi connectivity index (χ4n) is 4.25. The first kappa shape index (κ1) is 25.8. The Bertz CT molecular complexity index is 553. The lowest BCUT2D eigenvalue weighted by Gasteiger charge is -2.19. The zero-order valence-electron chi connectivity index (χ0n) is 19.3. The van der Waals surface area contributed by atoms with E-state index in [0.29, 0.717) is 29.5 Å². The maximum atomic E-state index is 10.6. The first-order valence-electron chi connectivity index (χ1n) is 12.2. The number of phenols is 2. The number of hydrogen-bond acceptors (Lipinski definition) is 3. The van der Waals surface area contributed by atoms with E-state index in [-0.39, 0.29) is 11.5 Å². The predicted molar refractivity (Wildman–Crippen MR) is 124 cm³/mol. The predicted octanol–water partition coefficient (Wildman–Crippen LogP) is 7.87. The monoisotopic (exact) mass is 406 g/mol. The Morgan fingerprint density at radius 3 is 1.69 bits per heavy atom. The topological polar surface area (TPSA) is 60.7 Å². The molecule has 29 heavy (non-hydrogen) atoms. The second-order valence-electron chi connectivity index (χ2n) is 8.75. The number of aromatic hydroxyl groups is 2. The van der Waals surface area contributed by atoms with Gasteiger partial charge in [-0.2, -0.15) is 0 Å². The van der Waals surface area contributed by atoms with Gasteiger partial charge in [-0.25, -0.2) is 0 Å². The van der Waals surface area contributed by atoms with E-state index in [1.54, 1.807) is 13.0 Å². The molecule has 0 aliphatic heterocycles. The highest BCUT2D eigenvalue weighted by molar-refractivity contribution is 5.53. The molecular formula is C26H46O3. The van der Waals surface area contributed by atoms with Gasteiger partial charge in [0.25, 0.3) is 0 Å². The summed E-state index contributed by atoms with van der Waals surface area (Å²) >= 11 is 0. The Labute approximate surface area is 179 Å². The molecule has 1 atom stereocenters. The Balaban J connectivity index is 2.20. The summed E-state index contributed by atoms with van der Waals surface area (Å²) in [5, 5.41) is 31.3. The van der Waals surface area contributed by atoms with Gasteiger partial charge in [-0.05, 0) is 31.4 Å². The quantitative estimate of drug-likeness (QED) is 0.182. The molecule has 0 spiro atoms. The third-order valence-corrected chi connectivity index (χ3v) is 6.03. The molecule has 0 aliphatic carbocycles. The molecular weight excluding hydrogens is 360 g/mol. The van der Waals surface area contributed by atoms with Crippen LogP contribution in [0.2, 0.25) is 0 Å². The highest BCUT2D eigenvalue weighted by Gasteiger charge is 2.21. The Morgan fingerprint density at radius 2 is 1.21 bits per heavy atom. The lowest BCUT2D eigenvalue weighted by molar-refractivity contribution is 0.158. The number of benzene rings is 1. The average Bonchev–Trinajstić information content (AvgIpc) is 2.69. The van der Waals surface area contributed by atoms with Crippen molar-refractivity contribution in [3.05, 3.63) is 22.8 Å². The van der Waals surface area contributed by atoms with Crippen LogP contribution in [0.3, 0.4) is 0 Å². The summed E-state index contributed by atoms with van der Waals surface area (Å²) in [6, 6.07) is 1.57. The van der Waals surface area contributed by atoms with Crippen LogP contribution >= 0.6 is 0 Å². The maximum Gasteiger partial charge on any atom is 0.122 e. The standard InChI is InChI=1S/C26H46O3/c1-4-6-7-8-9-10-11-12-13-14-15-16-17-19-23(27)25-22(18-5-2)26(29)21(3)20-24(25)28/h20,23,27-29H,4-19H2,1-3H3. The second kappa shape index (κ2) is 15.6. The lowest BCUT2D eigenvalue weighted by Crippen LogP contribution is -2.04. The van der Waals surface area contributed by atoms with Crippen LogP contribution in [0, 0.1) is 6.92 Å². The number of rotatable bonds is 17. The van der Waals surface area contributed by atoms with Gasteiger partial charge < -0.3 is 15.3 Å². The molecule has 1 unspecified atom stereocenters. The van der Waals surface area contributed by atoms with Crippen LogP contribution in [0.15, 0.2) is 6.07 Å². The summed E-state index contributed by atoms with van der Waals surface area (Å²) in [5.41, 5.74) is 1.92. The lowest BCUT2D eigenvalue weighted by atomic mass is 9.92. The number of hydrogen-bond donors (Lipinski definition) is 3. The van der Waals surface area contributed by atoms with Crippen LogP contribution < -0.4 is 0 Å². The van der Waals surface area contributed by atoms with Gasteiger partial charge in [-0.15, -0.1) is 0 Å². The summed E-state index contributed by atoms with van der Waals surface area (Å²) in [7, 11) is 0. The largest absolute Gasteiger partial charge is 0.508 e. The molecule has 1 aromatic rings. The van der Waals surface area contributed by atoms with E-state index in [0.717, 1.165) is 19.3 Å².